The third-order valence-electron chi connectivity index (χ3n) is 2.65. The van der Waals surface area contributed by atoms with Crippen LogP contribution in [0.1, 0.15) is 21.5 Å². The summed E-state index contributed by atoms with van der Waals surface area (Å²) in [6.45, 7) is 2.60. The molecule has 2 aromatic rings. The van der Waals surface area contributed by atoms with E-state index in [0.29, 0.717) is 6.54 Å². The molecule has 0 aliphatic rings. The first-order valence-corrected chi connectivity index (χ1v) is 5.25. The molecule has 17 heavy (non-hydrogen) atoms. The fraction of sp³-hybridized carbons (Fsp3) is 0.167. The van der Waals surface area contributed by atoms with E-state index in [9.17, 15) is 4.79 Å². The van der Waals surface area contributed by atoms with E-state index in [4.69, 9.17) is 11.5 Å². The Bertz CT molecular complexity index is 559. The van der Waals surface area contributed by atoms with Crippen molar-refractivity contribution in [2.24, 2.45) is 5.73 Å². The molecule has 0 aliphatic carbocycles. The summed E-state index contributed by atoms with van der Waals surface area (Å²) in [5.74, 6) is -0.385. The van der Waals surface area contributed by atoms with E-state index in [0.717, 1.165) is 5.56 Å². The first-order chi connectivity index (χ1) is 8.08. The first-order valence-electron chi connectivity index (χ1n) is 5.25. The van der Waals surface area contributed by atoms with Crippen molar-refractivity contribution in [2.45, 2.75) is 13.5 Å². The number of carbonyl (C=O) groups excluding carboxylic acids is 1. The highest BCUT2D eigenvalue weighted by Crippen LogP contribution is 2.12. The molecule has 1 aromatic carbocycles. The molecule has 88 valence electrons. The molecule has 1 heterocycles. The normalized spacial score (nSPS) is 10.4. The summed E-state index contributed by atoms with van der Waals surface area (Å²) < 4.78 is 1.62. The maximum atomic E-state index is 11.0. The Labute approximate surface area is 99.0 Å². The van der Waals surface area contributed by atoms with Gasteiger partial charge in [-0.15, -0.1) is 0 Å². The number of primary amides is 1. The van der Waals surface area contributed by atoms with Gasteiger partial charge in [0.25, 0.3) is 5.91 Å². The standard InChI is InChI=1S/C12H14N4O/c1-8-4-2-3-5-9(8)6-16-7-10(12(14)17)11(13)15-16/h2-5,7H,6H2,1H3,(H2,13,15)(H2,14,17). The maximum Gasteiger partial charge on any atom is 0.254 e. The Morgan fingerprint density at radius 3 is 2.71 bits per heavy atom. The topological polar surface area (TPSA) is 86.9 Å². The van der Waals surface area contributed by atoms with E-state index in [1.54, 1.807) is 10.9 Å². The number of aryl methyl sites for hydroxylation is 1. The van der Waals surface area contributed by atoms with Crippen LogP contribution in [0, 0.1) is 6.92 Å². The third-order valence-corrected chi connectivity index (χ3v) is 2.65. The second kappa shape index (κ2) is 4.29. The van der Waals surface area contributed by atoms with Gasteiger partial charge < -0.3 is 11.5 Å². The minimum Gasteiger partial charge on any atom is -0.382 e. The predicted molar refractivity (Wildman–Crippen MR) is 65.4 cm³/mol. The lowest BCUT2D eigenvalue weighted by Crippen LogP contribution is -2.11. The van der Waals surface area contributed by atoms with Gasteiger partial charge in [-0.05, 0) is 18.1 Å². The van der Waals surface area contributed by atoms with Crippen LogP contribution in [0.25, 0.3) is 0 Å². The number of hydrogen-bond donors (Lipinski definition) is 2. The second-order valence-corrected chi connectivity index (χ2v) is 3.92. The van der Waals surface area contributed by atoms with Gasteiger partial charge in [0.15, 0.2) is 5.82 Å². The molecule has 0 saturated heterocycles. The molecule has 1 aromatic heterocycles. The van der Waals surface area contributed by atoms with Gasteiger partial charge in [-0.3, -0.25) is 9.48 Å². The number of nitrogen functional groups attached to an aromatic ring is 1. The van der Waals surface area contributed by atoms with Gasteiger partial charge >= 0.3 is 0 Å². The average Bonchev–Trinajstić information content (AvgIpc) is 2.63. The van der Waals surface area contributed by atoms with E-state index < -0.39 is 5.91 Å². The van der Waals surface area contributed by atoms with E-state index in [1.165, 1.54) is 5.56 Å². The lowest BCUT2D eigenvalue weighted by atomic mass is 10.1. The van der Waals surface area contributed by atoms with Crippen LogP contribution in [0.3, 0.4) is 0 Å². The maximum absolute atomic E-state index is 11.0. The Balaban J connectivity index is 2.28. The van der Waals surface area contributed by atoms with Crippen LogP contribution in [0.5, 0.6) is 0 Å². The molecule has 0 unspecified atom stereocenters. The largest absolute Gasteiger partial charge is 0.382 e. The molecular formula is C12H14N4O. The number of hydrogen-bond acceptors (Lipinski definition) is 3. The number of amides is 1. The summed E-state index contributed by atoms with van der Waals surface area (Å²) in [6.07, 6.45) is 1.57. The molecule has 0 atom stereocenters. The number of carbonyl (C=O) groups is 1. The Morgan fingerprint density at radius 1 is 1.41 bits per heavy atom. The number of nitrogens with zero attached hydrogens (tertiary/aromatic N) is 2. The van der Waals surface area contributed by atoms with Gasteiger partial charge in [0.05, 0.1) is 6.54 Å². The smallest absolute Gasteiger partial charge is 0.254 e. The van der Waals surface area contributed by atoms with Crippen LogP contribution in [-0.4, -0.2) is 15.7 Å². The van der Waals surface area contributed by atoms with Crippen molar-refractivity contribution < 1.29 is 4.79 Å². The lowest BCUT2D eigenvalue weighted by molar-refractivity contribution is 0.100. The molecule has 0 aliphatic heterocycles. The highest BCUT2D eigenvalue weighted by molar-refractivity contribution is 5.96. The molecule has 5 heteroatoms. The van der Waals surface area contributed by atoms with Crippen LogP contribution in [0.15, 0.2) is 30.5 Å². The number of nitrogens with two attached hydrogens (primary N) is 2. The van der Waals surface area contributed by atoms with Gasteiger partial charge in [-0.2, -0.15) is 5.10 Å². The fourth-order valence-electron chi connectivity index (χ4n) is 1.67. The quantitative estimate of drug-likeness (QED) is 0.822. The summed E-state index contributed by atoms with van der Waals surface area (Å²) in [7, 11) is 0. The van der Waals surface area contributed by atoms with Crippen molar-refractivity contribution in [1.29, 1.82) is 0 Å². The number of benzene rings is 1. The monoisotopic (exact) mass is 230 g/mol. The third kappa shape index (κ3) is 2.28. The van der Waals surface area contributed by atoms with Gasteiger partial charge in [0.1, 0.15) is 5.56 Å². The first kappa shape index (κ1) is 11.2. The second-order valence-electron chi connectivity index (χ2n) is 3.92. The van der Waals surface area contributed by atoms with Crippen molar-refractivity contribution in [3.05, 3.63) is 47.2 Å². The average molecular weight is 230 g/mol. The Kier molecular flexibility index (Phi) is 2.82. The van der Waals surface area contributed by atoms with E-state index >= 15 is 0 Å². The zero-order valence-electron chi connectivity index (χ0n) is 9.55. The van der Waals surface area contributed by atoms with Crippen molar-refractivity contribution in [1.82, 2.24) is 9.78 Å². The molecule has 0 radical (unpaired) electrons. The van der Waals surface area contributed by atoms with E-state index in [2.05, 4.69) is 5.10 Å². The lowest BCUT2D eigenvalue weighted by Gasteiger charge is -2.04. The van der Waals surface area contributed by atoms with Crippen molar-refractivity contribution >= 4 is 11.7 Å². The van der Waals surface area contributed by atoms with Crippen LogP contribution in [0.2, 0.25) is 0 Å². The molecular weight excluding hydrogens is 216 g/mol. The highest BCUT2D eigenvalue weighted by atomic mass is 16.1. The molecule has 0 spiro atoms. The number of rotatable bonds is 3. The molecule has 4 N–H and O–H groups in total. The van der Waals surface area contributed by atoms with Gasteiger partial charge in [0, 0.05) is 6.20 Å². The fourth-order valence-corrected chi connectivity index (χ4v) is 1.67. The minimum absolute atomic E-state index is 0.172. The van der Waals surface area contributed by atoms with Crippen LogP contribution >= 0.6 is 0 Å². The minimum atomic E-state index is -0.557. The molecule has 0 saturated carbocycles. The summed E-state index contributed by atoms with van der Waals surface area (Å²) in [5.41, 5.74) is 13.3. The molecule has 0 fully saturated rings. The van der Waals surface area contributed by atoms with Crippen molar-refractivity contribution in [3.8, 4) is 0 Å². The van der Waals surface area contributed by atoms with Crippen molar-refractivity contribution in [3.63, 3.8) is 0 Å². The van der Waals surface area contributed by atoms with Gasteiger partial charge in [0.2, 0.25) is 0 Å². The summed E-state index contributed by atoms with van der Waals surface area (Å²) >= 11 is 0. The van der Waals surface area contributed by atoms with Gasteiger partial charge in [-0.25, -0.2) is 0 Å². The predicted octanol–water partition coefficient (Wildman–Crippen LogP) is 0.921. The highest BCUT2D eigenvalue weighted by Gasteiger charge is 2.11. The van der Waals surface area contributed by atoms with Crippen LogP contribution in [-0.2, 0) is 6.54 Å². The summed E-state index contributed by atoms with van der Waals surface area (Å²) in [4.78, 5) is 11.0. The summed E-state index contributed by atoms with van der Waals surface area (Å²) in [5, 5.41) is 4.06. The van der Waals surface area contributed by atoms with E-state index in [-0.39, 0.29) is 11.4 Å². The zero-order chi connectivity index (χ0) is 12.4. The number of anilines is 1. The van der Waals surface area contributed by atoms with Crippen LogP contribution < -0.4 is 11.5 Å². The Morgan fingerprint density at radius 2 is 2.12 bits per heavy atom. The molecule has 2 rings (SSSR count). The molecule has 0 bridgehead atoms. The SMILES string of the molecule is Cc1ccccc1Cn1cc(C(N)=O)c(N)n1. The number of aromatic nitrogens is 2. The van der Waals surface area contributed by atoms with Crippen molar-refractivity contribution in [2.75, 3.05) is 5.73 Å². The van der Waals surface area contributed by atoms with Gasteiger partial charge in [-0.1, -0.05) is 24.3 Å². The summed E-state index contributed by atoms with van der Waals surface area (Å²) in [6, 6.07) is 7.98. The zero-order valence-corrected chi connectivity index (χ0v) is 9.55. The molecule has 5 nitrogen and oxygen atoms in total. The Hall–Kier alpha value is -2.30. The van der Waals surface area contributed by atoms with E-state index in [1.807, 2.05) is 31.2 Å². The van der Waals surface area contributed by atoms with Crippen LogP contribution in [0.4, 0.5) is 5.82 Å². The molecule has 1 amide bonds.